The molecule has 5 heteroatoms. The second-order valence-electron chi connectivity index (χ2n) is 2.13. The summed E-state index contributed by atoms with van der Waals surface area (Å²) in [5, 5.41) is 34.0. The van der Waals surface area contributed by atoms with Gasteiger partial charge in [0.05, 0.1) is 31.8 Å². The molecule has 0 aromatic rings. The second kappa shape index (κ2) is 7.14. The maximum Gasteiger partial charge on any atom is 1.00 e. The molecule has 0 unspecified atom stereocenters. The zero-order valence-corrected chi connectivity index (χ0v) is 9.24. The summed E-state index contributed by atoms with van der Waals surface area (Å²) in [5.41, 5.74) is -1.11. The van der Waals surface area contributed by atoms with Crippen molar-refractivity contribution in [3.63, 3.8) is 0 Å². The van der Waals surface area contributed by atoms with Crippen LogP contribution in [0.4, 0.5) is 0 Å². The van der Waals surface area contributed by atoms with Crippen molar-refractivity contribution in [2.24, 2.45) is 5.41 Å². The molecule has 10 heavy (non-hydrogen) atoms. The maximum absolute atomic E-state index is 8.50. The van der Waals surface area contributed by atoms with Crippen LogP contribution in [-0.4, -0.2) is 46.9 Å². The second-order valence-corrected chi connectivity index (χ2v) is 2.13. The average molecular weight is 176 g/mol. The van der Waals surface area contributed by atoms with Crippen LogP contribution in [0.5, 0.6) is 0 Å². The summed E-state index contributed by atoms with van der Waals surface area (Å²) in [4.78, 5) is 0. The molecule has 0 radical (unpaired) electrons. The van der Waals surface area contributed by atoms with Gasteiger partial charge in [-0.25, -0.2) is 0 Å². The quantitative estimate of drug-likeness (QED) is 0.324. The van der Waals surface area contributed by atoms with Gasteiger partial charge < -0.3 is 21.9 Å². The predicted octanol–water partition coefficient (Wildman–Crippen LogP) is -4.94. The molecule has 0 spiro atoms. The van der Waals surface area contributed by atoms with E-state index in [2.05, 4.69) is 0 Å². The predicted molar refractivity (Wildman–Crippen MR) is 31.9 cm³/mol. The Morgan fingerprint density at radius 1 is 0.800 bits per heavy atom. The van der Waals surface area contributed by atoms with E-state index in [4.69, 9.17) is 20.4 Å². The van der Waals surface area contributed by atoms with E-state index in [-0.39, 0.29) is 52.8 Å². The first kappa shape index (κ1) is 14.0. The van der Waals surface area contributed by atoms with Gasteiger partial charge in [-0.15, -0.1) is 0 Å². The first-order valence-electron chi connectivity index (χ1n) is 2.68. The minimum Gasteiger partial charge on any atom is -1.00 e. The van der Waals surface area contributed by atoms with Crippen LogP contribution in [-0.2, 0) is 0 Å². The van der Waals surface area contributed by atoms with Crippen LogP contribution in [0.15, 0.2) is 0 Å². The van der Waals surface area contributed by atoms with E-state index in [1.54, 1.807) is 0 Å². The van der Waals surface area contributed by atoms with E-state index in [0.717, 1.165) is 0 Å². The molecule has 0 rings (SSSR count). The molecule has 0 aliphatic heterocycles. The number of hydrogen-bond donors (Lipinski definition) is 4. The monoisotopic (exact) mass is 176 g/mol. The van der Waals surface area contributed by atoms with Crippen LogP contribution < -0.4 is 51.4 Å². The first-order chi connectivity index (χ1) is 4.24. The van der Waals surface area contributed by atoms with E-state index in [0.29, 0.717) is 0 Å². The zero-order chi connectivity index (χ0) is 7.33. The van der Waals surface area contributed by atoms with E-state index in [1.165, 1.54) is 0 Å². The Bertz CT molecular complexity index is 61.4. The molecule has 0 atom stereocenters. The van der Waals surface area contributed by atoms with Crippen LogP contribution in [0, 0.1) is 5.41 Å². The Morgan fingerprint density at radius 2 is 1.00 bits per heavy atom. The molecule has 0 saturated heterocycles. The summed E-state index contributed by atoms with van der Waals surface area (Å²) in [7, 11) is 0. The molecule has 0 heterocycles. The van der Waals surface area contributed by atoms with Crippen molar-refractivity contribution in [2.45, 2.75) is 0 Å². The normalized spacial score (nSPS) is 10.8. The average Bonchev–Trinajstić information content (AvgIpc) is 1.95. The fourth-order valence-corrected chi connectivity index (χ4v) is 0.300. The molecule has 0 amide bonds. The van der Waals surface area contributed by atoms with E-state index in [1.807, 2.05) is 0 Å². The SMILES string of the molecule is OCC(CO)(CO)CO.[H-].[K+]. The third kappa shape index (κ3) is 3.75. The van der Waals surface area contributed by atoms with Gasteiger partial charge in [0.2, 0.25) is 0 Å². The third-order valence-corrected chi connectivity index (χ3v) is 1.34. The van der Waals surface area contributed by atoms with Crippen molar-refractivity contribution in [3.8, 4) is 0 Å². The molecule has 4 nitrogen and oxygen atoms in total. The van der Waals surface area contributed by atoms with Crippen molar-refractivity contribution in [1.82, 2.24) is 0 Å². The molecule has 0 aromatic heterocycles. The Balaban J connectivity index is -0.000000320. The Kier molecular flexibility index (Phi) is 10.0. The van der Waals surface area contributed by atoms with Crippen molar-refractivity contribution in [2.75, 3.05) is 26.4 Å². The van der Waals surface area contributed by atoms with Gasteiger partial charge in [-0.05, 0) is 0 Å². The summed E-state index contributed by atoms with van der Waals surface area (Å²) in [5.74, 6) is 0. The Labute approximate surface area is 104 Å². The minimum atomic E-state index is -1.11. The van der Waals surface area contributed by atoms with Gasteiger partial charge in [0.15, 0.2) is 0 Å². The molecule has 4 N–H and O–H groups in total. The molecule has 58 valence electrons. The summed E-state index contributed by atoms with van der Waals surface area (Å²) in [6, 6.07) is 0. The molecular weight excluding hydrogens is 163 g/mol. The standard InChI is InChI=1S/C5H12O4.K.H/c6-1-5(2-7,3-8)4-9;;/h6-9H,1-4H2;;/q;+1;-1. The Hall–Kier alpha value is 1.48. The maximum atomic E-state index is 8.50. The first-order valence-corrected chi connectivity index (χ1v) is 2.68. The van der Waals surface area contributed by atoms with Crippen LogP contribution >= 0.6 is 0 Å². The van der Waals surface area contributed by atoms with Gasteiger partial charge in [0.25, 0.3) is 0 Å². The smallest absolute Gasteiger partial charge is 1.00 e. The number of rotatable bonds is 4. The third-order valence-electron chi connectivity index (χ3n) is 1.34. The Morgan fingerprint density at radius 3 is 1.00 bits per heavy atom. The summed E-state index contributed by atoms with van der Waals surface area (Å²) < 4.78 is 0. The molecule has 0 fully saturated rings. The van der Waals surface area contributed by atoms with Gasteiger partial charge in [0, 0.05) is 0 Å². The van der Waals surface area contributed by atoms with Crippen LogP contribution in [0.3, 0.4) is 0 Å². The molecule has 0 aromatic carbocycles. The largest absolute Gasteiger partial charge is 1.00 e. The molecule has 0 aliphatic rings. The molecule has 0 aliphatic carbocycles. The van der Waals surface area contributed by atoms with E-state index >= 15 is 0 Å². The van der Waals surface area contributed by atoms with Crippen LogP contribution in [0.25, 0.3) is 0 Å². The van der Waals surface area contributed by atoms with Gasteiger partial charge in [-0.1, -0.05) is 0 Å². The summed E-state index contributed by atoms with van der Waals surface area (Å²) in [6.45, 7) is -1.62. The van der Waals surface area contributed by atoms with Crippen molar-refractivity contribution in [3.05, 3.63) is 0 Å². The van der Waals surface area contributed by atoms with E-state index in [9.17, 15) is 0 Å². The zero-order valence-electron chi connectivity index (χ0n) is 7.12. The fraction of sp³-hybridized carbons (Fsp3) is 1.00. The summed E-state index contributed by atoms with van der Waals surface area (Å²) in [6.07, 6.45) is 0. The number of aliphatic hydroxyl groups is 4. The van der Waals surface area contributed by atoms with Crippen LogP contribution in [0.1, 0.15) is 1.43 Å². The van der Waals surface area contributed by atoms with Gasteiger partial charge in [-0.3, -0.25) is 0 Å². The minimum absolute atomic E-state index is 0. The molecule has 0 saturated carbocycles. The topological polar surface area (TPSA) is 80.9 Å². The van der Waals surface area contributed by atoms with Crippen molar-refractivity contribution < 1.29 is 73.2 Å². The molecule has 0 bridgehead atoms. The van der Waals surface area contributed by atoms with Crippen molar-refractivity contribution >= 4 is 0 Å². The summed E-state index contributed by atoms with van der Waals surface area (Å²) >= 11 is 0. The van der Waals surface area contributed by atoms with Gasteiger partial charge in [0.1, 0.15) is 0 Å². The molecular formula is C5H13KO4. The fourth-order valence-electron chi connectivity index (χ4n) is 0.300. The van der Waals surface area contributed by atoms with Crippen LogP contribution in [0.2, 0.25) is 0 Å². The van der Waals surface area contributed by atoms with Crippen molar-refractivity contribution in [1.29, 1.82) is 0 Å². The number of aliphatic hydroxyl groups excluding tert-OH is 4. The van der Waals surface area contributed by atoms with Gasteiger partial charge in [-0.2, -0.15) is 0 Å². The number of hydrogen-bond acceptors (Lipinski definition) is 4. The van der Waals surface area contributed by atoms with Gasteiger partial charge >= 0.3 is 51.4 Å². The van der Waals surface area contributed by atoms with E-state index < -0.39 is 31.8 Å².